The van der Waals surface area contributed by atoms with Crippen LogP contribution in [0.15, 0.2) is 29.3 Å². The normalized spacial score (nSPS) is 13.1. The van der Waals surface area contributed by atoms with Crippen molar-refractivity contribution in [2.75, 3.05) is 12.4 Å². The van der Waals surface area contributed by atoms with Crippen molar-refractivity contribution in [1.29, 1.82) is 0 Å². The van der Waals surface area contributed by atoms with E-state index in [0.29, 0.717) is 16.1 Å². The number of hydrogen-bond donors (Lipinski definition) is 2. The summed E-state index contributed by atoms with van der Waals surface area (Å²) in [6.45, 7) is 0.230. The van der Waals surface area contributed by atoms with Crippen molar-refractivity contribution in [1.82, 2.24) is 14.9 Å². The Morgan fingerprint density at radius 1 is 1.27 bits per heavy atom. The number of amides is 2. The summed E-state index contributed by atoms with van der Waals surface area (Å²) in [5.74, 6) is -0.597. The molecule has 2 amide bonds. The van der Waals surface area contributed by atoms with Crippen LogP contribution >= 0.6 is 22.9 Å². The third kappa shape index (κ3) is 3.97. The smallest absolute Gasteiger partial charge is 0.262 e. The van der Waals surface area contributed by atoms with Gasteiger partial charge in [0.1, 0.15) is 4.83 Å². The van der Waals surface area contributed by atoms with Gasteiger partial charge in [-0.2, -0.15) is 0 Å². The van der Waals surface area contributed by atoms with Gasteiger partial charge in [-0.25, -0.2) is 4.98 Å². The number of hydrogen-bond acceptors (Lipinski definition) is 5. The number of benzene rings is 1. The number of halogens is 1. The number of carbonyl (C=O) groups is 2. The number of rotatable bonds is 5. The van der Waals surface area contributed by atoms with Crippen LogP contribution in [0.3, 0.4) is 0 Å². The molecule has 0 bridgehead atoms. The van der Waals surface area contributed by atoms with E-state index in [1.54, 1.807) is 23.5 Å². The van der Waals surface area contributed by atoms with Crippen LogP contribution in [0.25, 0.3) is 10.2 Å². The summed E-state index contributed by atoms with van der Waals surface area (Å²) >= 11 is 7.64. The standard InChI is InChI=1S/C21H21ClN4O3S/c1-23-19(28)14-10-12(6-7-15(14)22)25-17(27)8-9-26-11-24-20-18(21(26)29)13-4-2-3-5-16(13)30-20/h6-7,10-11H,2-5,8-9H2,1H3,(H,23,28)(H,25,27). The molecule has 0 atom stereocenters. The third-order valence-corrected chi connectivity index (χ3v) is 6.77. The fraction of sp³-hybridized carbons (Fsp3) is 0.333. The number of nitrogens with zero attached hydrogens (tertiary/aromatic N) is 2. The molecular formula is C21H21ClN4O3S. The summed E-state index contributed by atoms with van der Waals surface area (Å²) in [4.78, 5) is 43.7. The van der Waals surface area contributed by atoms with Crippen LogP contribution < -0.4 is 16.2 Å². The van der Waals surface area contributed by atoms with E-state index >= 15 is 0 Å². The lowest BCUT2D eigenvalue weighted by molar-refractivity contribution is -0.116. The maximum Gasteiger partial charge on any atom is 0.262 e. The Labute approximate surface area is 182 Å². The predicted molar refractivity (Wildman–Crippen MR) is 119 cm³/mol. The quantitative estimate of drug-likeness (QED) is 0.630. The molecule has 0 unspecified atom stereocenters. The second-order valence-electron chi connectivity index (χ2n) is 7.21. The van der Waals surface area contributed by atoms with E-state index < -0.39 is 0 Å². The van der Waals surface area contributed by atoms with Gasteiger partial charge < -0.3 is 10.6 Å². The molecule has 2 aromatic heterocycles. The number of nitrogens with one attached hydrogen (secondary N) is 2. The molecule has 1 aliphatic rings. The van der Waals surface area contributed by atoms with Gasteiger partial charge in [0.15, 0.2) is 0 Å². The highest BCUT2D eigenvalue weighted by molar-refractivity contribution is 7.18. The first-order valence-electron chi connectivity index (χ1n) is 9.79. The summed E-state index contributed by atoms with van der Waals surface area (Å²) in [6, 6.07) is 4.71. The van der Waals surface area contributed by atoms with E-state index in [1.807, 2.05) is 0 Å². The van der Waals surface area contributed by atoms with E-state index in [2.05, 4.69) is 15.6 Å². The Hall–Kier alpha value is -2.71. The summed E-state index contributed by atoms with van der Waals surface area (Å²) < 4.78 is 1.50. The Morgan fingerprint density at radius 2 is 2.07 bits per heavy atom. The molecule has 0 spiro atoms. The second kappa shape index (κ2) is 8.57. The van der Waals surface area contributed by atoms with Gasteiger partial charge in [-0.05, 0) is 49.4 Å². The van der Waals surface area contributed by atoms with Gasteiger partial charge in [-0.1, -0.05) is 11.6 Å². The number of fused-ring (bicyclic) bond motifs is 3. The van der Waals surface area contributed by atoms with Gasteiger partial charge in [0, 0.05) is 30.6 Å². The van der Waals surface area contributed by atoms with Crippen LogP contribution in [0, 0.1) is 0 Å². The topological polar surface area (TPSA) is 93.1 Å². The Morgan fingerprint density at radius 3 is 2.87 bits per heavy atom. The number of anilines is 1. The van der Waals surface area contributed by atoms with Crippen LogP contribution in [0.1, 0.15) is 40.1 Å². The Balaban J connectivity index is 1.48. The molecule has 156 valence electrons. The molecule has 4 rings (SSSR count). The minimum atomic E-state index is -0.332. The van der Waals surface area contributed by atoms with E-state index in [1.165, 1.54) is 28.9 Å². The maximum absolute atomic E-state index is 13.0. The van der Waals surface area contributed by atoms with Crippen LogP contribution in [-0.2, 0) is 24.2 Å². The van der Waals surface area contributed by atoms with Crippen molar-refractivity contribution in [2.45, 2.75) is 38.6 Å². The first kappa shape index (κ1) is 20.6. The average molecular weight is 445 g/mol. The van der Waals surface area contributed by atoms with Gasteiger partial charge in [0.2, 0.25) is 5.91 Å². The molecule has 0 aliphatic heterocycles. The molecule has 0 radical (unpaired) electrons. The second-order valence-corrected chi connectivity index (χ2v) is 8.70. The monoisotopic (exact) mass is 444 g/mol. The Bertz CT molecular complexity index is 1200. The third-order valence-electron chi connectivity index (χ3n) is 5.24. The van der Waals surface area contributed by atoms with Crippen molar-refractivity contribution in [3.8, 4) is 0 Å². The summed E-state index contributed by atoms with van der Waals surface area (Å²) in [5, 5.41) is 6.27. The minimum absolute atomic E-state index is 0.0828. The fourth-order valence-corrected chi connectivity index (χ4v) is 5.12. The van der Waals surface area contributed by atoms with Crippen LogP contribution in [-0.4, -0.2) is 28.4 Å². The number of thiophene rings is 1. The lowest BCUT2D eigenvalue weighted by Crippen LogP contribution is -2.24. The van der Waals surface area contributed by atoms with Gasteiger partial charge in [-0.3, -0.25) is 19.0 Å². The van der Waals surface area contributed by atoms with Crippen LogP contribution in [0.4, 0.5) is 5.69 Å². The molecular weight excluding hydrogens is 424 g/mol. The highest BCUT2D eigenvalue weighted by Gasteiger charge is 2.20. The molecule has 3 aromatic rings. The zero-order valence-corrected chi connectivity index (χ0v) is 18.0. The first-order chi connectivity index (χ1) is 14.5. The highest BCUT2D eigenvalue weighted by atomic mass is 35.5. The first-order valence-corrected chi connectivity index (χ1v) is 11.0. The lowest BCUT2D eigenvalue weighted by atomic mass is 9.97. The van der Waals surface area contributed by atoms with Gasteiger partial charge >= 0.3 is 0 Å². The van der Waals surface area contributed by atoms with E-state index in [0.717, 1.165) is 36.1 Å². The highest BCUT2D eigenvalue weighted by Crippen LogP contribution is 2.33. The molecule has 0 saturated heterocycles. The summed E-state index contributed by atoms with van der Waals surface area (Å²) in [6.07, 6.45) is 5.80. The molecule has 1 aliphatic carbocycles. The van der Waals surface area contributed by atoms with Gasteiger partial charge in [0.25, 0.3) is 11.5 Å². The predicted octanol–water partition coefficient (Wildman–Crippen LogP) is 3.38. The minimum Gasteiger partial charge on any atom is -0.355 e. The van der Waals surface area contributed by atoms with Crippen molar-refractivity contribution in [2.24, 2.45) is 0 Å². The molecule has 2 heterocycles. The number of carbonyl (C=O) groups excluding carboxylic acids is 2. The average Bonchev–Trinajstić information content (AvgIpc) is 3.13. The van der Waals surface area contributed by atoms with Crippen molar-refractivity contribution < 1.29 is 9.59 Å². The van der Waals surface area contributed by atoms with E-state index in [4.69, 9.17) is 11.6 Å². The van der Waals surface area contributed by atoms with Crippen molar-refractivity contribution in [3.05, 3.63) is 55.9 Å². The van der Waals surface area contributed by atoms with Crippen molar-refractivity contribution >= 4 is 50.7 Å². The molecule has 1 aromatic carbocycles. The Kier molecular flexibility index (Phi) is 5.87. The number of aryl methyl sites for hydroxylation is 3. The summed E-state index contributed by atoms with van der Waals surface area (Å²) in [5.41, 5.74) is 1.81. The van der Waals surface area contributed by atoms with Crippen LogP contribution in [0.5, 0.6) is 0 Å². The number of aromatic nitrogens is 2. The van der Waals surface area contributed by atoms with E-state index in [-0.39, 0.29) is 35.9 Å². The molecule has 30 heavy (non-hydrogen) atoms. The largest absolute Gasteiger partial charge is 0.355 e. The molecule has 9 heteroatoms. The molecule has 2 N–H and O–H groups in total. The fourth-order valence-electron chi connectivity index (χ4n) is 3.70. The van der Waals surface area contributed by atoms with Crippen molar-refractivity contribution in [3.63, 3.8) is 0 Å². The maximum atomic E-state index is 13.0. The van der Waals surface area contributed by atoms with Gasteiger partial charge in [0.05, 0.1) is 22.3 Å². The molecule has 0 saturated carbocycles. The molecule has 0 fully saturated rings. The van der Waals surface area contributed by atoms with E-state index in [9.17, 15) is 14.4 Å². The van der Waals surface area contributed by atoms with Crippen LogP contribution in [0.2, 0.25) is 5.02 Å². The SMILES string of the molecule is CNC(=O)c1cc(NC(=O)CCn2cnc3sc4c(c3c2=O)CCCC4)ccc1Cl. The lowest BCUT2D eigenvalue weighted by Gasteiger charge is -2.11. The molecule has 7 nitrogen and oxygen atoms in total. The van der Waals surface area contributed by atoms with Gasteiger partial charge in [-0.15, -0.1) is 11.3 Å². The zero-order chi connectivity index (χ0) is 21.3. The zero-order valence-electron chi connectivity index (χ0n) is 16.5. The summed E-state index contributed by atoms with van der Waals surface area (Å²) in [7, 11) is 1.51.